The van der Waals surface area contributed by atoms with Gasteiger partial charge >= 0.3 is 6.03 Å². The van der Waals surface area contributed by atoms with Crippen LogP contribution >= 0.6 is 0 Å². The van der Waals surface area contributed by atoms with Gasteiger partial charge in [0.25, 0.3) is 0 Å². The summed E-state index contributed by atoms with van der Waals surface area (Å²) in [7, 11) is 0. The first-order valence-corrected chi connectivity index (χ1v) is 10.9. The molecule has 2 aliphatic heterocycles. The van der Waals surface area contributed by atoms with Crippen molar-refractivity contribution in [2.75, 3.05) is 32.7 Å². The molecule has 2 aromatic carbocycles. The summed E-state index contributed by atoms with van der Waals surface area (Å²) in [6.45, 7) is 4.81. The number of halogens is 2. The Labute approximate surface area is 176 Å². The van der Waals surface area contributed by atoms with Crippen LogP contribution in [0.2, 0.25) is 0 Å². The second-order valence-corrected chi connectivity index (χ2v) is 8.34. The maximum Gasteiger partial charge on any atom is 0.317 e. The number of rotatable bonds is 5. The second-order valence-electron chi connectivity index (χ2n) is 8.34. The molecule has 1 N–H and O–H groups in total. The highest BCUT2D eigenvalue weighted by atomic mass is 19.1. The highest BCUT2D eigenvalue weighted by Gasteiger charge is 2.22. The van der Waals surface area contributed by atoms with Gasteiger partial charge in [0.05, 0.1) is 0 Å². The first-order chi connectivity index (χ1) is 14.6. The minimum atomic E-state index is -0.251. The predicted octanol–water partition coefficient (Wildman–Crippen LogP) is 4.30. The predicted molar refractivity (Wildman–Crippen MR) is 113 cm³/mol. The van der Waals surface area contributed by atoms with Gasteiger partial charge in [-0.05, 0) is 92.2 Å². The molecular formula is C24H29F2N3O. The Morgan fingerprint density at radius 3 is 2.47 bits per heavy atom. The molecule has 2 heterocycles. The number of nitrogens with one attached hydrogen (secondary N) is 1. The topological polar surface area (TPSA) is 35.6 Å². The molecule has 1 fully saturated rings. The summed E-state index contributed by atoms with van der Waals surface area (Å²) in [4.78, 5) is 16.6. The monoisotopic (exact) mass is 413 g/mol. The number of carbonyl (C=O) groups excluding carboxylic acids is 1. The van der Waals surface area contributed by atoms with Crippen LogP contribution < -0.4 is 5.32 Å². The Kier molecular flexibility index (Phi) is 6.62. The van der Waals surface area contributed by atoms with Crippen molar-refractivity contribution in [3.05, 3.63) is 70.8 Å². The molecule has 2 aromatic rings. The van der Waals surface area contributed by atoms with Crippen molar-refractivity contribution >= 4 is 6.03 Å². The van der Waals surface area contributed by atoms with Crippen LogP contribution in [0.4, 0.5) is 13.6 Å². The van der Waals surface area contributed by atoms with Gasteiger partial charge in [0.1, 0.15) is 11.6 Å². The zero-order valence-electron chi connectivity index (χ0n) is 17.2. The average molecular weight is 414 g/mol. The Morgan fingerprint density at radius 1 is 0.967 bits per heavy atom. The van der Waals surface area contributed by atoms with E-state index in [-0.39, 0.29) is 17.7 Å². The van der Waals surface area contributed by atoms with Crippen molar-refractivity contribution < 1.29 is 13.6 Å². The van der Waals surface area contributed by atoms with Crippen LogP contribution in [0, 0.1) is 11.6 Å². The molecular weight excluding hydrogens is 384 g/mol. The van der Waals surface area contributed by atoms with Crippen LogP contribution in [0.3, 0.4) is 0 Å². The van der Waals surface area contributed by atoms with Crippen LogP contribution in [0.25, 0.3) is 0 Å². The van der Waals surface area contributed by atoms with E-state index in [1.54, 1.807) is 17.0 Å². The molecule has 0 radical (unpaired) electrons. The Morgan fingerprint density at radius 2 is 1.70 bits per heavy atom. The van der Waals surface area contributed by atoms with E-state index in [2.05, 4.69) is 10.2 Å². The lowest BCUT2D eigenvalue weighted by Crippen LogP contribution is -2.43. The Hall–Kier alpha value is -2.47. The summed E-state index contributed by atoms with van der Waals surface area (Å²) in [5, 5.41) is 3.01. The van der Waals surface area contributed by atoms with Crippen LogP contribution in [0.5, 0.6) is 0 Å². The van der Waals surface area contributed by atoms with E-state index < -0.39 is 0 Å². The van der Waals surface area contributed by atoms with Crippen LogP contribution in [-0.2, 0) is 13.0 Å². The summed E-state index contributed by atoms with van der Waals surface area (Å²) in [5.41, 5.74) is 3.26. The molecule has 2 amide bonds. The number of fused-ring (bicyclic) bond motifs is 1. The summed E-state index contributed by atoms with van der Waals surface area (Å²) in [6, 6.07) is 11.7. The molecule has 0 bridgehead atoms. The molecule has 4 rings (SSSR count). The molecule has 0 saturated carbocycles. The number of urea groups is 1. The van der Waals surface area contributed by atoms with Gasteiger partial charge in [-0.2, -0.15) is 0 Å². The van der Waals surface area contributed by atoms with Crippen molar-refractivity contribution in [1.82, 2.24) is 15.1 Å². The van der Waals surface area contributed by atoms with E-state index in [1.807, 2.05) is 18.2 Å². The number of piperidine rings is 1. The van der Waals surface area contributed by atoms with Gasteiger partial charge in [0.15, 0.2) is 0 Å². The van der Waals surface area contributed by atoms with E-state index in [4.69, 9.17) is 0 Å². The SMILES string of the molecule is O=C(NCCCN1CCC(c2ccc(F)cc2)CC1)N1CCc2ccc(F)cc2C1. The quantitative estimate of drug-likeness (QED) is 0.742. The molecule has 0 spiro atoms. The molecule has 30 heavy (non-hydrogen) atoms. The highest BCUT2D eigenvalue weighted by molar-refractivity contribution is 5.74. The second kappa shape index (κ2) is 9.56. The zero-order chi connectivity index (χ0) is 20.9. The van der Waals surface area contributed by atoms with Crippen molar-refractivity contribution in [2.24, 2.45) is 0 Å². The van der Waals surface area contributed by atoms with Gasteiger partial charge in [-0.3, -0.25) is 0 Å². The van der Waals surface area contributed by atoms with Crippen molar-refractivity contribution in [1.29, 1.82) is 0 Å². The maximum atomic E-state index is 13.4. The van der Waals surface area contributed by atoms with Gasteiger partial charge in [0, 0.05) is 19.6 Å². The lowest BCUT2D eigenvalue weighted by atomic mass is 9.89. The number of benzene rings is 2. The molecule has 4 nitrogen and oxygen atoms in total. The van der Waals surface area contributed by atoms with Gasteiger partial charge in [-0.25, -0.2) is 13.6 Å². The van der Waals surface area contributed by atoms with Crippen molar-refractivity contribution in [2.45, 2.75) is 38.1 Å². The van der Waals surface area contributed by atoms with E-state index in [0.717, 1.165) is 56.4 Å². The van der Waals surface area contributed by atoms with E-state index in [9.17, 15) is 13.6 Å². The molecule has 2 aliphatic rings. The molecule has 6 heteroatoms. The molecule has 160 valence electrons. The van der Waals surface area contributed by atoms with E-state index in [0.29, 0.717) is 25.6 Å². The number of hydrogen-bond donors (Lipinski definition) is 1. The van der Waals surface area contributed by atoms with E-state index >= 15 is 0 Å². The lowest BCUT2D eigenvalue weighted by Gasteiger charge is -2.32. The summed E-state index contributed by atoms with van der Waals surface area (Å²) < 4.78 is 26.5. The summed E-state index contributed by atoms with van der Waals surface area (Å²) >= 11 is 0. The van der Waals surface area contributed by atoms with Crippen LogP contribution in [-0.4, -0.2) is 48.6 Å². The first kappa shape index (κ1) is 20.8. The van der Waals surface area contributed by atoms with Crippen molar-refractivity contribution in [3.8, 4) is 0 Å². The number of amides is 2. The largest absolute Gasteiger partial charge is 0.338 e. The third-order valence-corrected chi connectivity index (χ3v) is 6.32. The molecule has 0 aromatic heterocycles. The lowest BCUT2D eigenvalue weighted by molar-refractivity contribution is 0.188. The first-order valence-electron chi connectivity index (χ1n) is 10.9. The fourth-order valence-electron chi connectivity index (χ4n) is 4.53. The highest BCUT2D eigenvalue weighted by Crippen LogP contribution is 2.28. The summed E-state index contributed by atoms with van der Waals surface area (Å²) in [6.07, 6.45) is 3.85. The minimum Gasteiger partial charge on any atom is -0.338 e. The van der Waals surface area contributed by atoms with Crippen LogP contribution in [0.1, 0.15) is 41.9 Å². The number of carbonyl (C=O) groups is 1. The van der Waals surface area contributed by atoms with Gasteiger partial charge < -0.3 is 15.1 Å². The Bertz CT molecular complexity index is 863. The number of likely N-dealkylation sites (tertiary alicyclic amines) is 1. The standard InChI is InChI=1S/C24H29F2N3O/c25-22-5-2-18(3-6-22)20-8-13-28(14-9-20)12-1-11-27-24(30)29-15-10-19-4-7-23(26)16-21(19)17-29/h2-7,16,20H,1,8-15,17H2,(H,27,30). The number of nitrogens with zero attached hydrogens (tertiary/aromatic N) is 2. The third-order valence-electron chi connectivity index (χ3n) is 6.32. The smallest absolute Gasteiger partial charge is 0.317 e. The van der Waals surface area contributed by atoms with E-state index in [1.165, 1.54) is 17.7 Å². The van der Waals surface area contributed by atoms with Crippen LogP contribution in [0.15, 0.2) is 42.5 Å². The fourth-order valence-corrected chi connectivity index (χ4v) is 4.53. The molecule has 0 aliphatic carbocycles. The molecule has 1 saturated heterocycles. The van der Waals surface area contributed by atoms with Crippen molar-refractivity contribution in [3.63, 3.8) is 0 Å². The summed E-state index contributed by atoms with van der Waals surface area (Å²) in [5.74, 6) is 0.0757. The van der Waals surface area contributed by atoms with Gasteiger partial charge in [-0.1, -0.05) is 18.2 Å². The normalized spacial score (nSPS) is 17.6. The third kappa shape index (κ3) is 5.17. The zero-order valence-corrected chi connectivity index (χ0v) is 17.2. The number of hydrogen-bond acceptors (Lipinski definition) is 2. The van der Waals surface area contributed by atoms with Gasteiger partial charge in [0.2, 0.25) is 0 Å². The molecule has 0 unspecified atom stereocenters. The molecule has 0 atom stereocenters. The minimum absolute atomic E-state index is 0.0695. The average Bonchev–Trinajstić information content (AvgIpc) is 2.77. The maximum absolute atomic E-state index is 13.4. The van der Waals surface area contributed by atoms with Gasteiger partial charge in [-0.15, -0.1) is 0 Å². The Balaban J connectivity index is 1.15. The fraction of sp³-hybridized carbons (Fsp3) is 0.458.